The van der Waals surface area contributed by atoms with Gasteiger partial charge in [-0.15, -0.1) is 0 Å². The number of aliphatic hydroxyl groups is 1. The van der Waals surface area contributed by atoms with Crippen LogP contribution < -0.4 is 10.1 Å². The number of nitrogens with zero attached hydrogens (tertiary/aromatic N) is 2. The summed E-state index contributed by atoms with van der Waals surface area (Å²) in [6.07, 6.45) is -0.461. The number of methoxy groups -OCH3 is 1. The lowest BCUT2D eigenvalue weighted by Crippen LogP contribution is -2.35. The van der Waals surface area contributed by atoms with Crippen LogP contribution in [0, 0.1) is 13.8 Å². The lowest BCUT2D eigenvalue weighted by Gasteiger charge is -2.24. The molecule has 0 aliphatic carbocycles. The van der Waals surface area contributed by atoms with Crippen molar-refractivity contribution < 1.29 is 23.0 Å². The highest BCUT2D eigenvalue weighted by atomic mass is 32.2. The third kappa shape index (κ3) is 6.82. The molecule has 9 heteroatoms. The van der Waals surface area contributed by atoms with Crippen LogP contribution in [0.2, 0.25) is 0 Å². The second-order valence-corrected chi connectivity index (χ2v) is 11.4. The number of sulfone groups is 1. The average molecular weight is 504 g/mol. The van der Waals surface area contributed by atoms with Crippen molar-refractivity contribution in [1.82, 2.24) is 10.2 Å². The van der Waals surface area contributed by atoms with E-state index in [0.717, 1.165) is 30.1 Å². The van der Waals surface area contributed by atoms with Crippen LogP contribution in [0.1, 0.15) is 35.6 Å². The van der Waals surface area contributed by atoms with E-state index >= 15 is 0 Å². The van der Waals surface area contributed by atoms with Crippen LogP contribution in [-0.2, 0) is 21.1 Å². The Morgan fingerprint density at radius 1 is 1.17 bits per heavy atom. The first-order chi connectivity index (χ1) is 16.6. The van der Waals surface area contributed by atoms with Gasteiger partial charge in [-0.1, -0.05) is 24.3 Å². The molecule has 0 bridgehead atoms. The van der Waals surface area contributed by atoms with Gasteiger partial charge in [-0.05, 0) is 63.1 Å². The number of ether oxygens (including phenoxy) is 2. The van der Waals surface area contributed by atoms with Crippen LogP contribution >= 0.6 is 0 Å². The minimum atomic E-state index is -3.51. The molecule has 2 aromatic rings. The second-order valence-electron chi connectivity index (χ2n) is 9.06. The van der Waals surface area contributed by atoms with Crippen molar-refractivity contribution in [2.24, 2.45) is 4.99 Å². The molecule has 0 spiro atoms. The van der Waals surface area contributed by atoms with Crippen molar-refractivity contribution in [3.05, 3.63) is 58.7 Å². The summed E-state index contributed by atoms with van der Waals surface area (Å²) in [5.41, 5.74) is 3.47. The number of hydrogen-bond acceptors (Lipinski definition) is 8. The number of amidine groups is 1. The van der Waals surface area contributed by atoms with Crippen LogP contribution in [0.4, 0.5) is 0 Å². The molecular weight excluding hydrogens is 466 g/mol. The summed E-state index contributed by atoms with van der Waals surface area (Å²) in [7, 11) is -0.124. The van der Waals surface area contributed by atoms with Gasteiger partial charge in [0.15, 0.2) is 9.84 Å². The van der Waals surface area contributed by atoms with Gasteiger partial charge in [0.1, 0.15) is 17.8 Å². The lowest BCUT2D eigenvalue weighted by molar-refractivity contribution is -0.0510. The minimum Gasteiger partial charge on any atom is -0.497 e. The van der Waals surface area contributed by atoms with Crippen molar-refractivity contribution in [2.75, 3.05) is 40.5 Å². The van der Waals surface area contributed by atoms with Gasteiger partial charge >= 0.3 is 0 Å². The van der Waals surface area contributed by atoms with Crippen LogP contribution in [0.15, 0.2) is 46.3 Å². The van der Waals surface area contributed by atoms with E-state index in [-0.39, 0.29) is 13.2 Å². The number of hydrogen-bond donors (Lipinski definition) is 2. The zero-order chi connectivity index (χ0) is 25.6. The summed E-state index contributed by atoms with van der Waals surface area (Å²) in [5.74, 6) is 1.57. The molecule has 3 rings (SSSR count). The third-order valence-electron chi connectivity index (χ3n) is 6.26. The standard InChI is InChI=1S/C26H37N3O5S/c1-18-14-23(33-5)15-19(2)25(18)35(31,32)20(3)10-13-34-17-24(30)29(4)16-21-6-8-22(9-7-21)26-27-11-12-28-26/h6-9,14-15,20,24,30H,10-13,16-17H2,1-5H3,(H,27,28)/t20?,24-/m1/s1. The van der Waals surface area contributed by atoms with Gasteiger partial charge < -0.3 is 19.9 Å². The van der Waals surface area contributed by atoms with Crippen molar-refractivity contribution >= 4 is 15.7 Å². The van der Waals surface area contributed by atoms with Gasteiger partial charge in [-0.3, -0.25) is 9.89 Å². The first-order valence-corrected chi connectivity index (χ1v) is 13.4. The first kappa shape index (κ1) is 27.1. The molecule has 0 fully saturated rings. The van der Waals surface area contributed by atoms with Crippen molar-refractivity contribution in [3.63, 3.8) is 0 Å². The first-order valence-electron chi connectivity index (χ1n) is 11.9. The van der Waals surface area contributed by atoms with Gasteiger partial charge in [0.25, 0.3) is 0 Å². The molecule has 0 radical (unpaired) electrons. The molecule has 0 aromatic heterocycles. The molecule has 1 unspecified atom stereocenters. The third-order valence-corrected chi connectivity index (χ3v) is 8.77. The fourth-order valence-corrected chi connectivity index (χ4v) is 5.98. The predicted octanol–water partition coefficient (Wildman–Crippen LogP) is 2.68. The monoisotopic (exact) mass is 503 g/mol. The predicted molar refractivity (Wildman–Crippen MR) is 138 cm³/mol. The zero-order valence-electron chi connectivity index (χ0n) is 21.2. The molecule has 1 heterocycles. The molecule has 1 aliphatic heterocycles. The Hall–Kier alpha value is -2.46. The topological polar surface area (TPSA) is 100 Å². The smallest absolute Gasteiger partial charge is 0.181 e. The van der Waals surface area contributed by atoms with Gasteiger partial charge in [-0.2, -0.15) is 0 Å². The summed E-state index contributed by atoms with van der Waals surface area (Å²) < 4.78 is 37.2. The maximum Gasteiger partial charge on any atom is 0.181 e. The van der Waals surface area contributed by atoms with Gasteiger partial charge in [-0.25, -0.2) is 8.42 Å². The molecule has 2 N–H and O–H groups in total. The normalized spacial score (nSPS) is 15.6. The molecule has 8 nitrogen and oxygen atoms in total. The van der Waals surface area contributed by atoms with E-state index in [9.17, 15) is 13.5 Å². The van der Waals surface area contributed by atoms with Crippen LogP contribution in [0.3, 0.4) is 0 Å². The Balaban J connectivity index is 1.46. The summed E-state index contributed by atoms with van der Waals surface area (Å²) in [6.45, 7) is 7.84. The molecule has 0 amide bonds. The van der Waals surface area contributed by atoms with Crippen LogP contribution in [0.25, 0.3) is 0 Å². The molecular formula is C26H37N3O5S. The van der Waals surface area contributed by atoms with Gasteiger partial charge in [0, 0.05) is 25.3 Å². The largest absolute Gasteiger partial charge is 0.497 e. The molecule has 2 aromatic carbocycles. The molecule has 2 atom stereocenters. The van der Waals surface area contributed by atoms with E-state index in [0.29, 0.717) is 34.7 Å². The number of rotatable bonds is 12. The molecule has 1 aliphatic rings. The summed E-state index contributed by atoms with van der Waals surface area (Å²) in [5, 5.41) is 13.1. The molecule has 192 valence electrons. The quantitative estimate of drug-likeness (QED) is 0.339. The number of aliphatic hydroxyl groups excluding tert-OH is 1. The maximum absolute atomic E-state index is 13.2. The lowest BCUT2D eigenvalue weighted by atomic mass is 10.1. The van der Waals surface area contributed by atoms with Crippen molar-refractivity contribution in [2.45, 2.75) is 50.1 Å². The zero-order valence-corrected chi connectivity index (χ0v) is 22.1. The minimum absolute atomic E-state index is 0.0999. The highest BCUT2D eigenvalue weighted by Gasteiger charge is 2.27. The Labute approximate surface area is 208 Å². The number of benzene rings is 2. The highest BCUT2D eigenvalue weighted by molar-refractivity contribution is 7.92. The van der Waals surface area contributed by atoms with E-state index in [4.69, 9.17) is 9.47 Å². The van der Waals surface area contributed by atoms with E-state index in [1.165, 1.54) is 0 Å². The van der Waals surface area contributed by atoms with E-state index < -0.39 is 21.3 Å². The molecule has 35 heavy (non-hydrogen) atoms. The van der Waals surface area contributed by atoms with E-state index in [2.05, 4.69) is 10.3 Å². The van der Waals surface area contributed by atoms with Crippen molar-refractivity contribution in [3.8, 4) is 5.75 Å². The maximum atomic E-state index is 13.2. The summed E-state index contributed by atoms with van der Waals surface area (Å²) in [4.78, 5) is 6.57. The number of nitrogens with one attached hydrogen (secondary N) is 1. The Morgan fingerprint density at radius 3 is 2.40 bits per heavy atom. The Morgan fingerprint density at radius 2 is 1.83 bits per heavy atom. The van der Waals surface area contributed by atoms with Gasteiger partial charge in [0.2, 0.25) is 0 Å². The van der Waals surface area contributed by atoms with Crippen molar-refractivity contribution in [1.29, 1.82) is 0 Å². The molecule has 0 saturated heterocycles. The number of aliphatic imine (C=N–C) groups is 1. The average Bonchev–Trinajstić information content (AvgIpc) is 3.36. The number of likely N-dealkylation sites (N-methyl/N-ethyl adjacent to an activating group) is 1. The van der Waals surface area contributed by atoms with Gasteiger partial charge in [0.05, 0.1) is 30.4 Å². The van der Waals surface area contributed by atoms with E-state index in [1.807, 2.05) is 31.3 Å². The SMILES string of the molecule is COc1cc(C)c(S(=O)(=O)C(C)CCOC[C@@H](O)N(C)Cc2ccc(C3=NCCN3)cc2)c(C)c1. The fraction of sp³-hybridized carbons (Fsp3) is 0.500. The van der Waals surface area contributed by atoms with E-state index in [1.54, 1.807) is 44.9 Å². The Kier molecular flexibility index (Phi) is 9.29. The van der Waals surface area contributed by atoms with Crippen LogP contribution in [0.5, 0.6) is 5.75 Å². The Bertz CT molecular complexity index is 1110. The molecule has 0 saturated carbocycles. The number of aryl methyl sites for hydroxylation is 2. The highest BCUT2D eigenvalue weighted by Crippen LogP contribution is 2.29. The second kappa shape index (κ2) is 12.0. The fourth-order valence-electron chi connectivity index (χ4n) is 4.15. The summed E-state index contributed by atoms with van der Waals surface area (Å²) in [6, 6.07) is 11.6. The summed E-state index contributed by atoms with van der Waals surface area (Å²) >= 11 is 0. The van der Waals surface area contributed by atoms with Crippen LogP contribution in [-0.4, -0.2) is 76.2 Å².